The van der Waals surface area contributed by atoms with Crippen LogP contribution in [0.4, 0.5) is 18.3 Å². The van der Waals surface area contributed by atoms with E-state index in [9.17, 15) is 13.2 Å². The van der Waals surface area contributed by atoms with Gasteiger partial charge in [-0.05, 0) is 24.6 Å². The van der Waals surface area contributed by atoms with Crippen molar-refractivity contribution >= 4 is 16.7 Å². The van der Waals surface area contributed by atoms with Gasteiger partial charge in [-0.1, -0.05) is 12.1 Å². The third-order valence-electron chi connectivity index (χ3n) is 2.40. The van der Waals surface area contributed by atoms with Crippen molar-refractivity contribution in [2.45, 2.75) is 19.8 Å². The molecule has 1 heterocycles. The standard InChI is InChI=1S/C12H12F3N3OS/c1-8-16-11(20-17-8)18(2)7-9-4-3-5-10(6-9)19-12(13,14)15/h3-6H,7H2,1-2H3. The summed E-state index contributed by atoms with van der Waals surface area (Å²) in [7, 11) is 1.80. The van der Waals surface area contributed by atoms with Gasteiger partial charge in [0.1, 0.15) is 11.6 Å². The molecule has 0 radical (unpaired) electrons. The average Bonchev–Trinajstić information content (AvgIpc) is 2.74. The van der Waals surface area contributed by atoms with Gasteiger partial charge in [-0.3, -0.25) is 0 Å². The van der Waals surface area contributed by atoms with Crippen LogP contribution in [0, 0.1) is 6.92 Å². The summed E-state index contributed by atoms with van der Waals surface area (Å²) in [5, 5.41) is 0.713. The zero-order valence-corrected chi connectivity index (χ0v) is 11.6. The number of hydrogen-bond donors (Lipinski definition) is 0. The van der Waals surface area contributed by atoms with Gasteiger partial charge >= 0.3 is 6.36 Å². The summed E-state index contributed by atoms with van der Waals surface area (Å²) in [5.41, 5.74) is 0.696. The van der Waals surface area contributed by atoms with Crippen LogP contribution in [-0.4, -0.2) is 22.8 Å². The van der Waals surface area contributed by atoms with Gasteiger partial charge in [-0.25, -0.2) is 4.98 Å². The molecule has 0 bridgehead atoms. The predicted octanol–water partition coefficient (Wildman–Crippen LogP) is 3.38. The number of rotatable bonds is 4. The van der Waals surface area contributed by atoms with Gasteiger partial charge < -0.3 is 9.64 Å². The van der Waals surface area contributed by atoms with Gasteiger partial charge in [0.15, 0.2) is 0 Å². The van der Waals surface area contributed by atoms with Crippen molar-refractivity contribution in [3.05, 3.63) is 35.7 Å². The van der Waals surface area contributed by atoms with E-state index in [1.165, 1.54) is 29.7 Å². The molecule has 0 aliphatic rings. The maximum absolute atomic E-state index is 12.2. The lowest BCUT2D eigenvalue weighted by Crippen LogP contribution is -2.18. The highest BCUT2D eigenvalue weighted by molar-refractivity contribution is 7.09. The van der Waals surface area contributed by atoms with Crippen LogP contribution in [0.5, 0.6) is 5.75 Å². The number of halogens is 3. The molecule has 108 valence electrons. The first-order chi connectivity index (χ1) is 9.33. The number of hydrogen-bond acceptors (Lipinski definition) is 5. The van der Waals surface area contributed by atoms with Gasteiger partial charge in [-0.2, -0.15) is 4.37 Å². The van der Waals surface area contributed by atoms with Gasteiger partial charge in [0.2, 0.25) is 5.13 Å². The number of benzene rings is 1. The molecule has 0 aliphatic heterocycles. The number of anilines is 1. The second-order valence-electron chi connectivity index (χ2n) is 4.18. The minimum Gasteiger partial charge on any atom is -0.406 e. The molecule has 0 atom stereocenters. The van der Waals surface area contributed by atoms with E-state index in [1.807, 2.05) is 4.90 Å². The van der Waals surface area contributed by atoms with Crippen molar-refractivity contribution < 1.29 is 17.9 Å². The van der Waals surface area contributed by atoms with Crippen molar-refractivity contribution in [3.63, 3.8) is 0 Å². The number of alkyl halides is 3. The Balaban J connectivity index is 2.08. The Morgan fingerprint density at radius 1 is 1.35 bits per heavy atom. The lowest BCUT2D eigenvalue weighted by Gasteiger charge is -2.16. The van der Waals surface area contributed by atoms with Crippen LogP contribution in [-0.2, 0) is 6.54 Å². The maximum atomic E-state index is 12.2. The van der Waals surface area contributed by atoms with Gasteiger partial charge in [0, 0.05) is 25.1 Å². The third-order valence-corrected chi connectivity index (χ3v) is 3.32. The molecular weight excluding hydrogens is 291 g/mol. The summed E-state index contributed by atoms with van der Waals surface area (Å²) in [6.07, 6.45) is -4.68. The van der Waals surface area contributed by atoms with Crippen LogP contribution in [0.15, 0.2) is 24.3 Å². The molecular formula is C12H12F3N3OS. The largest absolute Gasteiger partial charge is 0.573 e. The minimum absolute atomic E-state index is 0.225. The highest BCUT2D eigenvalue weighted by atomic mass is 32.1. The Morgan fingerprint density at radius 2 is 2.10 bits per heavy atom. The normalized spacial score (nSPS) is 11.4. The molecule has 1 aromatic carbocycles. The topological polar surface area (TPSA) is 38.2 Å². The van der Waals surface area contributed by atoms with Gasteiger partial charge in [-0.15, -0.1) is 13.2 Å². The second kappa shape index (κ2) is 5.66. The SMILES string of the molecule is Cc1nsc(N(C)Cc2cccc(OC(F)(F)F)c2)n1. The molecule has 20 heavy (non-hydrogen) atoms. The van der Waals surface area contributed by atoms with Crippen molar-refractivity contribution in [1.29, 1.82) is 0 Å². The Kier molecular flexibility index (Phi) is 4.12. The monoisotopic (exact) mass is 303 g/mol. The zero-order chi connectivity index (χ0) is 14.8. The number of ether oxygens (including phenoxy) is 1. The van der Waals surface area contributed by atoms with E-state index in [-0.39, 0.29) is 5.75 Å². The number of nitrogens with zero attached hydrogens (tertiary/aromatic N) is 3. The van der Waals surface area contributed by atoms with E-state index in [0.29, 0.717) is 23.1 Å². The van der Waals surface area contributed by atoms with E-state index >= 15 is 0 Å². The summed E-state index contributed by atoms with van der Waals surface area (Å²) < 4.78 is 44.4. The van der Waals surface area contributed by atoms with E-state index in [1.54, 1.807) is 20.0 Å². The molecule has 0 unspecified atom stereocenters. The lowest BCUT2D eigenvalue weighted by molar-refractivity contribution is -0.274. The summed E-state index contributed by atoms with van der Waals surface area (Å²) in [4.78, 5) is 6.03. The van der Waals surface area contributed by atoms with Crippen LogP contribution >= 0.6 is 11.5 Å². The van der Waals surface area contributed by atoms with Gasteiger partial charge in [0.05, 0.1) is 0 Å². The van der Waals surface area contributed by atoms with Crippen molar-refractivity contribution in [3.8, 4) is 5.75 Å². The summed E-state index contributed by atoms with van der Waals surface area (Å²) in [6, 6.07) is 5.88. The van der Waals surface area contributed by atoms with Crippen molar-refractivity contribution in [2.24, 2.45) is 0 Å². The van der Waals surface area contributed by atoms with E-state index in [4.69, 9.17) is 0 Å². The summed E-state index contributed by atoms with van der Waals surface area (Å²) in [6.45, 7) is 2.20. The molecule has 0 saturated heterocycles. The zero-order valence-electron chi connectivity index (χ0n) is 10.8. The van der Waals surface area contributed by atoms with Crippen LogP contribution < -0.4 is 9.64 Å². The Morgan fingerprint density at radius 3 is 2.70 bits per heavy atom. The molecule has 0 amide bonds. The molecule has 4 nitrogen and oxygen atoms in total. The van der Waals surface area contributed by atoms with Gasteiger partial charge in [0.25, 0.3) is 0 Å². The molecule has 0 fully saturated rings. The molecule has 1 aromatic heterocycles. The Labute approximate surface area is 118 Å². The first-order valence-electron chi connectivity index (χ1n) is 5.69. The van der Waals surface area contributed by atoms with E-state index in [0.717, 1.165) is 0 Å². The van der Waals surface area contributed by atoms with Crippen molar-refractivity contribution in [2.75, 3.05) is 11.9 Å². The van der Waals surface area contributed by atoms with Crippen LogP contribution in [0.3, 0.4) is 0 Å². The average molecular weight is 303 g/mol. The highest BCUT2D eigenvalue weighted by Gasteiger charge is 2.31. The van der Waals surface area contributed by atoms with Crippen molar-refractivity contribution in [1.82, 2.24) is 9.36 Å². The maximum Gasteiger partial charge on any atom is 0.573 e. The molecule has 2 rings (SSSR count). The first kappa shape index (κ1) is 14.6. The third kappa shape index (κ3) is 4.09. The van der Waals surface area contributed by atoms with E-state index < -0.39 is 6.36 Å². The quantitative estimate of drug-likeness (QED) is 0.868. The fourth-order valence-electron chi connectivity index (χ4n) is 1.62. The summed E-state index contributed by atoms with van der Waals surface area (Å²) in [5.74, 6) is 0.447. The molecule has 0 saturated carbocycles. The van der Waals surface area contributed by atoms with E-state index in [2.05, 4.69) is 14.1 Å². The number of aryl methyl sites for hydroxylation is 1. The Hall–Kier alpha value is -1.83. The molecule has 8 heteroatoms. The second-order valence-corrected chi connectivity index (χ2v) is 4.91. The Bertz CT molecular complexity index is 585. The fourth-order valence-corrected chi connectivity index (χ4v) is 2.26. The number of aromatic nitrogens is 2. The van der Waals surface area contributed by atoms with Crippen LogP contribution in [0.2, 0.25) is 0 Å². The fraction of sp³-hybridized carbons (Fsp3) is 0.333. The highest BCUT2D eigenvalue weighted by Crippen LogP contribution is 2.24. The molecule has 0 N–H and O–H groups in total. The van der Waals surface area contributed by atoms with Crippen LogP contribution in [0.25, 0.3) is 0 Å². The molecule has 0 spiro atoms. The lowest BCUT2D eigenvalue weighted by atomic mass is 10.2. The molecule has 0 aliphatic carbocycles. The smallest absolute Gasteiger partial charge is 0.406 e. The predicted molar refractivity (Wildman–Crippen MR) is 69.9 cm³/mol. The first-order valence-corrected chi connectivity index (χ1v) is 6.47. The summed E-state index contributed by atoms with van der Waals surface area (Å²) >= 11 is 1.24. The molecule has 2 aromatic rings. The minimum atomic E-state index is -4.68. The van der Waals surface area contributed by atoms with Crippen LogP contribution in [0.1, 0.15) is 11.4 Å².